The molecule has 5 nitrogen and oxygen atoms in total. The summed E-state index contributed by atoms with van der Waals surface area (Å²) in [6.45, 7) is 10.3. The van der Waals surface area contributed by atoms with E-state index in [2.05, 4.69) is 20.8 Å². The first-order valence-corrected chi connectivity index (χ1v) is 11.2. The molecule has 1 aromatic carbocycles. The van der Waals surface area contributed by atoms with Gasteiger partial charge in [-0.3, -0.25) is 4.79 Å². The normalized spacial score (nSPS) is 32.3. The third-order valence-electron chi connectivity index (χ3n) is 8.09. The van der Waals surface area contributed by atoms with E-state index in [9.17, 15) is 4.79 Å². The molecule has 1 heterocycles. The summed E-state index contributed by atoms with van der Waals surface area (Å²) in [5.41, 5.74) is 2.28. The van der Waals surface area contributed by atoms with Crippen molar-refractivity contribution < 1.29 is 23.6 Å². The molecule has 1 aromatic rings. The first-order valence-electron chi connectivity index (χ1n) is 10.8. The molecule has 1 saturated heterocycles. The van der Waals surface area contributed by atoms with E-state index in [1.54, 1.807) is 27.2 Å². The van der Waals surface area contributed by atoms with Gasteiger partial charge in [0.2, 0.25) is 0 Å². The van der Waals surface area contributed by atoms with Crippen LogP contribution in [-0.2, 0) is 15.7 Å². The first kappa shape index (κ1) is 22.0. The Bertz CT molecular complexity index is 872. The van der Waals surface area contributed by atoms with Crippen LogP contribution in [0.5, 0.6) is 11.5 Å². The number of rotatable bonds is 6. The molecule has 3 aliphatic carbocycles. The lowest BCUT2D eigenvalue weighted by molar-refractivity contribution is -0.199. The molecule has 2 bridgehead atoms. The molecule has 3 unspecified atom stereocenters. The van der Waals surface area contributed by atoms with Crippen LogP contribution in [0.3, 0.4) is 0 Å². The second-order valence-corrected chi connectivity index (χ2v) is 10.4. The van der Waals surface area contributed by atoms with Crippen LogP contribution in [0.2, 0.25) is 0 Å². The van der Waals surface area contributed by atoms with Crippen molar-refractivity contribution in [1.82, 2.24) is 0 Å². The molecule has 4 aliphatic rings. The van der Waals surface area contributed by atoms with Gasteiger partial charge in [0.05, 0.1) is 36.8 Å². The number of ether oxygens (including phenoxy) is 2. The van der Waals surface area contributed by atoms with Crippen LogP contribution in [0.15, 0.2) is 6.07 Å². The zero-order valence-electron chi connectivity index (χ0n) is 19.0. The minimum absolute atomic E-state index is 0.0479. The van der Waals surface area contributed by atoms with E-state index in [4.69, 9.17) is 30.4 Å². The maximum Gasteiger partial charge on any atom is 0.477 e. The van der Waals surface area contributed by atoms with Gasteiger partial charge in [0.1, 0.15) is 11.5 Å². The zero-order valence-corrected chi connectivity index (χ0v) is 19.8. The number of carbonyl (C=O) groups is 1. The molecule has 0 amide bonds. The molecule has 5 atom stereocenters. The Kier molecular flexibility index (Phi) is 5.44. The summed E-state index contributed by atoms with van der Waals surface area (Å²) in [4.78, 5) is 12.3. The maximum atomic E-state index is 12.3. The monoisotopic (exact) mass is 434 g/mol. The maximum absolute atomic E-state index is 12.3. The van der Waals surface area contributed by atoms with E-state index in [1.807, 2.05) is 6.92 Å². The molecule has 7 heteroatoms. The Hall–Kier alpha value is -1.24. The second-order valence-electron chi connectivity index (χ2n) is 9.87. The van der Waals surface area contributed by atoms with Crippen LogP contribution >= 0.6 is 11.6 Å². The van der Waals surface area contributed by atoms with Crippen LogP contribution in [-0.4, -0.2) is 44.1 Å². The van der Waals surface area contributed by atoms with E-state index < -0.39 is 12.4 Å². The highest BCUT2D eigenvalue weighted by Crippen LogP contribution is 2.65. The van der Waals surface area contributed by atoms with Crippen LogP contribution in [0, 0.1) is 24.2 Å². The third-order valence-corrected chi connectivity index (χ3v) is 8.45. The number of halogens is 1. The van der Waals surface area contributed by atoms with E-state index in [0.717, 1.165) is 17.5 Å². The SMILES string of the molecule is COc1cc(OC)c(C(C)=O)c(C)c1C[C@@H](Cl)B1OC2CC3CC(C3(C)C)[C@]2(C)O1. The van der Waals surface area contributed by atoms with Gasteiger partial charge in [0, 0.05) is 6.07 Å². The summed E-state index contributed by atoms with van der Waals surface area (Å²) >= 11 is 6.87. The van der Waals surface area contributed by atoms with Gasteiger partial charge in [-0.05, 0) is 68.4 Å². The smallest absolute Gasteiger partial charge is 0.477 e. The van der Waals surface area contributed by atoms with E-state index >= 15 is 0 Å². The average Bonchev–Trinajstić information content (AvgIpc) is 3.05. The lowest BCUT2D eigenvalue weighted by Gasteiger charge is -2.64. The third kappa shape index (κ3) is 3.10. The lowest BCUT2D eigenvalue weighted by atomic mass is 9.43. The molecule has 164 valence electrons. The van der Waals surface area contributed by atoms with Gasteiger partial charge in [0.15, 0.2) is 5.78 Å². The number of ketones is 1. The number of methoxy groups -OCH3 is 2. The van der Waals surface area contributed by atoms with Crippen LogP contribution < -0.4 is 9.47 Å². The molecule has 3 saturated carbocycles. The van der Waals surface area contributed by atoms with Gasteiger partial charge >= 0.3 is 7.12 Å². The standard InChI is InChI=1S/C23H32BClO5/c1-12-15(16(27-6)11-17(28-7)21(12)13(2)26)10-20(25)24-29-19-9-14-8-18(22(14,3)4)23(19,5)30-24/h11,14,18-20H,8-10H2,1-7H3/t14?,18?,19?,20-,23+/m1/s1. The van der Waals surface area contributed by atoms with Crippen molar-refractivity contribution in [2.45, 2.75) is 70.9 Å². The van der Waals surface area contributed by atoms with Crippen molar-refractivity contribution >= 4 is 24.5 Å². The summed E-state index contributed by atoms with van der Waals surface area (Å²) < 4.78 is 23.9. The minimum atomic E-state index is -0.483. The topological polar surface area (TPSA) is 54.0 Å². The summed E-state index contributed by atoms with van der Waals surface area (Å²) in [5.74, 6) is 2.31. The van der Waals surface area contributed by atoms with E-state index in [1.165, 1.54) is 6.42 Å². The fourth-order valence-electron chi connectivity index (χ4n) is 6.18. The molecule has 0 spiro atoms. The highest BCUT2D eigenvalue weighted by Gasteiger charge is 2.68. The Balaban J connectivity index is 1.59. The number of hydrogen-bond acceptors (Lipinski definition) is 5. The van der Waals surface area contributed by atoms with Gasteiger partial charge in [0.25, 0.3) is 0 Å². The van der Waals surface area contributed by atoms with Crippen molar-refractivity contribution in [2.24, 2.45) is 17.3 Å². The molecule has 1 aliphatic heterocycles. The van der Waals surface area contributed by atoms with Gasteiger partial charge < -0.3 is 18.8 Å². The van der Waals surface area contributed by atoms with Crippen molar-refractivity contribution in [3.8, 4) is 11.5 Å². The fourth-order valence-corrected chi connectivity index (χ4v) is 6.44. The predicted molar refractivity (Wildman–Crippen MR) is 118 cm³/mol. The Morgan fingerprint density at radius 3 is 2.50 bits per heavy atom. The van der Waals surface area contributed by atoms with Crippen LogP contribution in [0.25, 0.3) is 0 Å². The Morgan fingerprint density at radius 1 is 1.27 bits per heavy atom. The number of Topliss-reactive ketones (excluding diaryl/α,β-unsaturated/α-hetero) is 1. The lowest BCUT2D eigenvalue weighted by Crippen LogP contribution is -2.65. The second kappa shape index (κ2) is 7.42. The van der Waals surface area contributed by atoms with Crippen LogP contribution in [0.4, 0.5) is 0 Å². The number of hydrogen-bond donors (Lipinski definition) is 0. The van der Waals surface area contributed by atoms with E-state index in [0.29, 0.717) is 35.3 Å². The van der Waals surface area contributed by atoms with Crippen molar-refractivity contribution in [3.63, 3.8) is 0 Å². The first-order chi connectivity index (χ1) is 14.0. The summed E-state index contributed by atoms with van der Waals surface area (Å²) in [6.07, 6.45) is 2.80. The fraction of sp³-hybridized carbons (Fsp3) is 0.696. The summed E-state index contributed by atoms with van der Waals surface area (Å²) in [7, 11) is 2.69. The number of carbonyl (C=O) groups excluding carboxylic acids is 1. The van der Waals surface area contributed by atoms with Crippen molar-refractivity contribution in [2.75, 3.05) is 14.2 Å². The molecule has 4 fully saturated rings. The van der Waals surface area contributed by atoms with Crippen molar-refractivity contribution in [1.29, 1.82) is 0 Å². The van der Waals surface area contributed by atoms with Crippen molar-refractivity contribution in [3.05, 3.63) is 22.8 Å². The quantitative estimate of drug-likeness (QED) is 0.371. The van der Waals surface area contributed by atoms with Gasteiger partial charge in [-0.2, -0.15) is 0 Å². The molecular formula is C23H32BClO5. The summed E-state index contributed by atoms with van der Waals surface area (Å²) in [5, 5.41) is -0.395. The summed E-state index contributed by atoms with van der Waals surface area (Å²) in [6, 6.07) is 1.76. The van der Waals surface area contributed by atoms with Crippen LogP contribution in [0.1, 0.15) is 62.0 Å². The molecular weight excluding hydrogens is 403 g/mol. The zero-order chi connectivity index (χ0) is 22.0. The number of benzene rings is 1. The molecule has 0 aromatic heterocycles. The van der Waals surface area contributed by atoms with E-state index in [-0.39, 0.29) is 22.9 Å². The average molecular weight is 435 g/mol. The predicted octanol–water partition coefficient (Wildman–Crippen LogP) is 4.63. The van der Waals surface area contributed by atoms with Gasteiger partial charge in [-0.15, -0.1) is 11.6 Å². The highest BCUT2D eigenvalue weighted by atomic mass is 35.5. The molecule has 5 rings (SSSR count). The molecule has 30 heavy (non-hydrogen) atoms. The highest BCUT2D eigenvalue weighted by molar-refractivity contribution is 6.60. The Morgan fingerprint density at radius 2 is 1.93 bits per heavy atom. The number of alkyl halides is 1. The Labute approximate surface area is 184 Å². The van der Waals surface area contributed by atoms with Gasteiger partial charge in [-0.25, -0.2) is 0 Å². The molecule has 0 radical (unpaired) electrons. The largest absolute Gasteiger partial charge is 0.496 e. The minimum Gasteiger partial charge on any atom is -0.496 e. The molecule has 0 N–H and O–H groups in total. The van der Waals surface area contributed by atoms with Gasteiger partial charge in [-0.1, -0.05) is 13.8 Å².